The van der Waals surface area contributed by atoms with Crippen LogP contribution in [0.4, 0.5) is 0 Å². The van der Waals surface area contributed by atoms with Crippen molar-refractivity contribution in [3.63, 3.8) is 0 Å². The zero-order chi connectivity index (χ0) is 20.1. The Morgan fingerprint density at radius 2 is 1.42 bits per heavy atom. The third-order valence-corrected chi connectivity index (χ3v) is 6.47. The normalized spacial score (nSPS) is 14.2. The van der Waals surface area contributed by atoms with E-state index >= 15 is 0 Å². The standard InChI is InChI=1S/C24H26N6.3ClH/c1-27-20-10-4-3-9-18(20)25-23(27)19-17-30-22-12-6-5-11-21(22)29(24(30)26-19)16-15-28-13-7-2-8-14-28;;;/h3-6,9-12,17H,2,7-8,13-16H2,1H3;3*1H. The average Bonchev–Trinajstić information content (AvgIpc) is 3.44. The minimum Gasteiger partial charge on any atom is -0.326 e. The second-order valence-corrected chi connectivity index (χ2v) is 8.32. The summed E-state index contributed by atoms with van der Waals surface area (Å²) in [5.41, 5.74) is 5.49. The molecule has 176 valence electrons. The van der Waals surface area contributed by atoms with E-state index in [-0.39, 0.29) is 37.2 Å². The summed E-state index contributed by atoms with van der Waals surface area (Å²) in [6.45, 7) is 4.46. The lowest BCUT2D eigenvalue weighted by Crippen LogP contribution is -2.32. The van der Waals surface area contributed by atoms with Crippen LogP contribution in [0.3, 0.4) is 0 Å². The lowest BCUT2D eigenvalue weighted by molar-refractivity contribution is 0.222. The van der Waals surface area contributed by atoms with Gasteiger partial charge in [-0.2, -0.15) is 0 Å². The molecule has 0 N–H and O–H groups in total. The summed E-state index contributed by atoms with van der Waals surface area (Å²) < 4.78 is 6.73. The first-order chi connectivity index (χ1) is 14.8. The summed E-state index contributed by atoms with van der Waals surface area (Å²) in [7, 11) is 2.07. The van der Waals surface area contributed by atoms with Crippen LogP contribution in [0.5, 0.6) is 0 Å². The molecule has 0 radical (unpaired) electrons. The topological polar surface area (TPSA) is 43.3 Å². The maximum Gasteiger partial charge on any atom is 0.215 e. The van der Waals surface area contributed by atoms with Crippen LogP contribution < -0.4 is 0 Å². The number of rotatable bonds is 4. The van der Waals surface area contributed by atoms with E-state index in [9.17, 15) is 0 Å². The first-order valence-electron chi connectivity index (χ1n) is 10.9. The van der Waals surface area contributed by atoms with E-state index in [2.05, 4.69) is 74.1 Å². The molecule has 0 amide bonds. The molecule has 0 unspecified atom stereocenters. The SMILES string of the molecule is Cl.Cl.Cl.Cn1c(-c2cn3c4ccccc4n(CCN4CCCCC4)c3n2)nc2ccccc21. The van der Waals surface area contributed by atoms with E-state index in [1.165, 1.54) is 43.4 Å². The van der Waals surface area contributed by atoms with E-state index in [4.69, 9.17) is 9.97 Å². The van der Waals surface area contributed by atoms with Crippen LogP contribution in [0.2, 0.25) is 0 Å². The minimum atomic E-state index is 0. The van der Waals surface area contributed by atoms with Crippen molar-refractivity contribution in [3.8, 4) is 11.5 Å². The quantitative estimate of drug-likeness (QED) is 0.318. The zero-order valence-electron chi connectivity index (χ0n) is 18.6. The van der Waals surface area contributed by atoms with E-state index in [0.717, 1.165) is 41.4 Å². The predicted molar refractivity (Wildman–Crippen MR) is 142 cm³/mol. The summed E-state index contributed by atoms with van der Waals surface area (Å²) in [5.74, 6) is 1.90. The molecule has 1 saturated heterocycles. The fraction of sp³-hybridized carbons (Fsp3) is 0.333. The third kappa shape index (κ3) is 4.33. The number of fused-ring (bicyclic) bond motifs is 4. The zero-order valence-corrected chi connectivity index (χ0v) is 21.0. The van der Waals surface area contributed by atoms with Gasteiger partial charge in [0.1, 0.15) is 5.69 Å². The first kappa shape index (κ1) is 25.4. The molecule has 0 bridgehead atoms. The lowest BCUT2D eigenvalue weighted by Gasteiger charge is -2.26. The Morgan fingerprint density at radius 1 is 0.758 bits per heavy atom. The summed E-state index contributed by atoms with van der Waals surface area (Å²) >= 11 is 0. The van der Waals surface area contributed by atoms with Gasteiger partial charge < -0.3 is 14.0 Å². The second kappa shape index (κ2) is 10.3. The molecule has 33 heavy (non-hydrogen) atoms. The molecule has 0 spiro atoms. The number of nitrogens with zero attached hydrogens (tertiary/aromatic N) is 6. The van der Waals surface area contributed by atoms with E-state index in [1.54, 1.807) is 0 Å². The number of para-hydroxylation sites is 4. The van der Waals surface area contributed by atoms with Crippen LogP contribution in [0.1, 0.15) is 19.3 Å². The Kier molecular flexibility index (Phi) is 7.96. The summed E-state index contributed by atoms with van der Waals surface area (Å²) in [4.78, 5) is 12.5. The number of aryl methyl sites for hydroxylation is 1. The Balaban J connectivity index is 0.00000102. The number of halogens is 3. The van der Waals surface area contributed by atoms with Crippen LogP contribution in [-0.2, 0) is 13.6 Å². The van der Waals surface area contributed by atoms with Crippen molar-refractivity contribution in [2.75, 3.05) is 19.6 Å². The molecule has 0 atom stereocenters. The first-order valence-corrected chi connectivity index (χ1v) is 10.9. The van der Waals surface area contributed by atoms with Crippen LogP contribution in [0.25, 0.3) is 39.4 Å². The van der Waals surface area contributed by atoms with Gasteiger partial charge in [-0.25, -0.2) is 9.97 Å². The van der Waals surface area contributed by atoms with Crippen LogP contribution in [-0.4, -0.2) is 48.0 Å². The smallest absolute Gasteiger partial charge is 0.215 e. The molecule has 9 heteroatoms. The Labute approximate surface area is 211 Å². The molecular weight excluding hydrogens is 479 g/mol. The van der Waals surface area contributed by atoms with E-state index in [1.807, 2.05) is 6.07 Å². The maximum atomic E-state index is 5.06. The Morgan fingerprint density at radius 3 is 2.15 bits per heavy atom. The molecule has 6 rings (SSSR count). The molecule has 4 heterocycles. The van der Waals surface area contributed by atoms with Gasteiger partial charge in [-0.1, -0.05) is 30.7 Å². The number of imidazole rings is 3. The lowest BCUT2D eigenvalue weighted by atomic mass is 10.1. The van der Waals surface area contributed by atoms with Gasteiger partial charge in [0.05, 0.1) is 22.1 Å². The molecule has 1 fully saturated rings. The molecule has 5 aromatic rings. The van der Waals surface area contributed by atoms with Crippen molar-refractivity contribution in [2.45, 2.75) is 25.8 Å². The Bertz CT molecular complexity index is 1360. The average molecular weight is 508 g/mol. The second-order valence-electron chi connectivity index (χ2n) is 8.32. The molecule has 6 nitrogen and oxygen atoms in total. The summed E-state index contributed by atoms with van der Waals surface area (Å²) in [6.07, 6.45) is 6.15. The highest BCUT2D eigenvalue weighted by atomic mass is 35.5. The van der Waals surface area contributed by atoms with E-state index in [0.29, 0.717) is 0 Å². The third-order valence-electron chi connectivity index (χ3n) is 6.47. The maximum absolute atomic E-state index is 5.06. The van der Waals surface area contributed by atoms with Crippen molar-refractivity contribution < 1.29 is 0 Å². The molecule has 1 aliphatic heterocycles. The number of likely N-dealkylation sites (tertiary alicyclic amines) is 1. The summed E-state index contributed by atoms with van der Waals surface area (Å²) in [5, 5.41) is 0. The molecule has 0 saturated carbocycles. The minimum absolute atomic E-state index is 0. The van der Waals surface area contributed by atoms with Gasteiger partial charge in [0, 0.05) is 26.3 Å². The van der Waals surface area contributed by atoms with Crippen LogP contribution in [0, 0.1) is 0 Å². The van der Waals surface area contributed by atoms with E-state index < -0.39 is 0 Å². The van der Waals surface area contributed by atoms with Gasteiger partial charge in [0.15, 0.2) is 5.82 Å². The monoisotopic (exact) mass is 506 g/mol. The summed E-state index contributed by atoms with van der Waals surface area (Å²) in [6, 6.07) is 16.9. The number of benzene rings is 2. The van der Waals surface area contributed by atoms with Gasteiger partial charge in [0.25, 0.3) is 0 Å². The van der Waals surface area contributed by atoms with Gasteiger partial charge in [-0.3, -0.25) is 4.40 Å². The molecule has 2 aromatic carbocycles. The number of hydrogen-bond acceptors (Lipinski definition) is 3. The number of hydrogen-bond donors (Lipinski definition) is 0. The van der Waals surface area contributed by atoms with Crippen molar-refractivity contribution in [1.82, 2.24) is 28.4 Å². The highest BCUT2D eigenvalue weighted by Gasteiger charge is 2.19. The fourth-order valence-corrected chi connectivity index (χ4v) is 4.87. The van der Waals surface area contributed by atoms with Gasteiger partial charge >= 0.3 is 0 Å². The van der Waals surface area contributed by atoms with Crippen molar-refractivity contribution in [3.05, 3.63) is 54.7 Å². The number of aromatic nitrogens is 5. The largest absolute Gasteiger partial charge is 0.326 e. The molecule has 0 aliphatic carbocycles. The van der Waals surface area contributed by atoms with Crippen molar-refractivity contribution in [1.29, 1.82) is 0 Å². The van der Waals surface area contributed by atoms with Gasteiger partial charge in [0.2, 0.25) is 5.78 Å². The molecule has 1 aliphatic rings. The molecule has 3 aromatic heterocycles. The van der Waals surface area contributed by atoms with Gasteiger partial charge in [-0.15, -0.1) is 37.2 Å². The highest BCUT2D eigenvalue weighted by molar-refractivity contribution is 5.86. The fourth-order valence-electron chi connectivity index (χ4n) is 4.87. The van der Waals surface area contributed by atoms with Crippen LogP contribution in [0.15, 0.2) is 54.7 Å². The number of piperidine rings is 1. The Hall–Kier alpha value is -2.25. The van der Waals surface area contributed by atoms with Crippen molar-refractivity contribution >= 4 is 65.1 Å². The van der Waals surface area contributed by atoms with Crippen molar-refractivity contribution in [2.24, 2.45) is 7.05 Å². The highest BCUT2D eigenvalue weighted by Crippen LogP contribution is 2.27. The molecular formula is C24H29Cl3N6. The van der Waals surface area contributed by atoms with Gasteiger partial charge in [-0.05, 0) is 50.2 Å². The predicted octanol–water partition coefficient (Wildman–Crippen LogP) is 5.59. The van der Waals surface area contributed by atoms with Crippen LogP contribution >= 0.6 is 37.2 Å².